The predicted molar refractivity (Wildman–Crippen MR) is 129 cm³/mol. The molecule has 6 heteroatoms. The number of hydrogen-bond donors (Lipinski definition) is 1. The number of methoxy groups -OCH3 is 3. The average Bonchev–Trinajstić information content (AvgIpc) is 2.85. The summed E-state index contributed by atoms with van der Waals surface area (Å²) in [5.41, 5.74) is 7.75. The summed E-state index contributed by atoms with van der Waals surface area (Å²) in [6, 6.07) is 23.7. The van der Waals surface area contributed by atoms with Gasteiger partial charge in [0, 0.05) is 12.4 Å². The summed E-state index contributed by atoms with van der Waals surface area (Å²) in [5.74, 6) is 2.32. The van der Waals surface area contributed by atoms with Crippen LogP contribution in [0.15, 0.2) is 88.5 Å². The minimum absolute atomic E-state index is 0.674. The lowest BCUT2D eigenvalue weighted by Crippen LogP contribution is -2.27. The van der Waals surface area contributed by atoms with Gasteiger partial charge in [-0.1, -0.05) is 36.4 Å². The van der Waals surface area contributed by atoms with Crippen LogP contribution in [-0.2, 0) is 5.54 Å². The first-order valence-electron chi connectivity index (χ1n) is 9.63. The summed E-state index contributed by atoms with van der Waals surface area (Å²) in [4.78, 5) is 5.06. The van der Waals surface area contributed by atoms with Crippen molar-refractivity contribution in [3.8, 4) is 17.2 Å². The van der Waals surface area contributed by atoms with E-state index in [1.807, 2.05) is 72.8 Å². The second-order valence-corrected chi connectivity index (χ2v) is 7.62. The van der Waals surface area contributed by atoms with Crippen molar-refractivity contribution in [2.45, 2.75) is 5.54 Å². The highest BCUT2D eigenvalue weighted by Crippen LogP contribution is 2.42. The molecule has 0 spiro atoms. The molecule has 2 N–H and O–H groups in total. The van der Waals surface area contributed by atoms with E-state index in [0.29, 0.717) is 4.48 Å². The maximum atomic E-state index is 5.68. The van der Waals surface area contributed by atoms with Gasteiger partial charge >= 0.3 is 0 Å². The highest BCUT2D eigenvalue weighted by atomic mass is 79.9. The van der Waals surface area contributed by atoms with E-state index in [-0.39, 0.29) is 0 Å². The van der Waals surface area contributed by atoms with Gasteiger partial charge in [-0.3, -0.25) is 4.99 Å². The van der Waals surface area contributed by atoms with Crippen molar-refractivity contribution >= 4 is 22.1 Å². The lowest BCUT2D eigenvalue weighted by molar-refractivity contribution is 0.413. The number of allylic oxidation sites excluding steroid dienone is 1. The SMILES string of the molecule is COc1ccc(C(N=CC(Br)=CN)(c2ccc(OC)cc2)c2ccc(OC)cc2)cc1. The molecule has 0 saturated heterocycles. The summed E-state index contributed by atoms with van der Waals surface area (Å²) in [7, 11) is 4.95. The molecule has 31 heavy (non-hydrogen) atoms. The molecule has 3 aromatic carbocycles. The lowest BCUT2D eigenvalue weighted by atomic mass is 9.77. The van der Waals surface area contributed by atoms with Gasteiger partial charge in [-0.15, -0.1) is 0 Å². The largest absolute Gasteiger partial charge is 0.497 e. The van der Waals surface area contributed by atoms with Crippen LogP contribution in [0.25, 0.3) is 0 Å². The fourth-order valence-corrected chi connectivity index (χ4v) is 3.52. The molecule has 0 heterocycles. The van der Waals surface area contributed by atoms with Crippen LogP contribution in [0.1, 0.15) is 16.7 Å². The summed E-state index contributed by atoms with van der Waals surface area (Å²) >= 11 is 3.44. The van der Waals surface area contributed by atoms with Gasteiger partial charge in [0.2, 0.25) is 0 Å². The number of halogens is 1. The Balaban J connectivity index is 2.32. The first-order valence-corrected chi connectivity index (χ1v) is 10.4. The van der Waals surface area contributed by atoms with Gasteiger partial charge in [0.1, 0.15) is 22.8 Å². The molecule has 0 aliphatic carbocycles. The summed E-state index contributed by atoms with van der Waals surface area (Å²) in [6.07, 6.45) is 3.18. The standard InChI is InChI=1S/C25H25BrN2O3/c1-29-22-10-4-18(5-11-22)25(28-17-21(26)16-27,19-6-12-23(30-2)13-7-19)20-8-14-24(31-3)15-9-20/h4-17H,27H2,1-3H3. The fraction of sp³-hybridized carbons (Fsp3) is 0.160. The van der Waals surface area contributed by atoms with Gasteiger partial charge < -0.3 is 19.9 Å². The molecule has 0 atom stereocenters. The Morgan fingerprint density at radius 1 is 0.710 bits per heavy atom. The third-order valence-corrected chi connectivity index (χ3v) is 5.53. The molecule has 5 nitrogen and oxygen atoms in total. The Morgan fingerprint density at radius 2 is 1.03 bits per heavy atom. The van der Waals surface area contributed by atoms with E-state index in [2.05, 4.69) is 15.9 Å². The second-order valence-electron chi connectivity index (χ2n) is 6.71. The molecule has 0 radical (unpaired) electrons. The van der Waals surface area contributed by atoms with Crippen LogP contribution in [-0.4, -0.2) is 27.5 Å². The van der Waals surface area contributed by atoms with Crippen molar-refractivity contribution in [1.29, 1.82) is 0 Å². The van der Waals surface area contributed by atoms with Crippen molar-refractivity contribution in [2.24, 2.45) is 10.7 Å². The molecule has 3 aromatic rings. The maximum absolute atomic E-state index is 5.68. The van der Waals surface area contributed by atoms with Crippen molar-refractivity contribution in [3.05, 3.63) is 100 Å². The van der Waals surface area contributed by atoms with Crippen molar-refractivity contribution in [1.82, 2.24) is 0 Å². The van der Waals surface area contributed by atoms with Crippen molar-refractivity contribution in [3.63, 3.8) is 0 Å². The third kappa shape index (κ3) is 4.75. The number of nitrogens with zero attached hydrogens (tertiary/aromatic N) is 1. The number of ether oxygens (including phenoxy) is 3. The van der Waals surface area contributed by atoms with Crippen LogP contribution >= 0.6 is 15.9 Å². The molecule has 0 aliphatic heterocycles. The predicted octanol–water partition coefficient (Wildman–Crippen LogP) is 5.27. The van der Waals surface area contributed by atoms with Gasteiger partial charge in [0.25, 0.3) is 0 Å². The molecule has 3 rings (SSSR count). The van der Waals surface area contributed by atoms with E-state index in [0.717, 1.165) is 33.9 Å². The summed E-state index contributed by atoms with van der Waals surface area (Å²) in [6.45, 7) is 0. The zero-order chi connectivity index (χ0) is 22.3. The van der Waals surface area contributed by atoms with E-state index in [1.54, 1.807) is 27.5 Å². The Labute approximate surface area is 191 Å². The Bertz CT molecular complexity index is 928. The first-order chi connectivity index (χ1) is 15.1. The van der Waals surface area contributed by atoms with Gasteiger partial charge in [0.05, 0.1) is 25.8 Å². The van der Waals surface area contributed by atoms with Crippen LogP contribution in [0.2, 0.25) is 0 Å². The maximum Gasteiger partial charge on any atom is 0.136 e. The second kappa shape index (κ2) is 10.2. The molecule has 160 valence electrons. The van der Waals surface area contributed by atoms with Crippen LogP contribution in [0.4, 0.5) is 0 Å². The molecule has 0 unspecified atom stereocenters. The normalized spacial score (nSPS) is 12.1. The monoisotopic (exact) mass is 480 g/mol. The first kappa shape index (κ1) is 22.4. The smallest absolute Gasteiger partial charge is 0.136 e. The Morgan fingerprint density at radius 3 is 1.29 bits per heavy atom. The number of rotatable bonds is 8. The topological polar surface area (TPSA) is 66.1 Å². The van der Waals surface area contributed by atoms with Crippen LogP contribution in [0.3, 0.4) is 0 Å². The summed E-state index contributed by atoms with van der Waals surface area (Å²) < 4.78 is 16.8. The van der Waals surface area contributed by atoms with Crippen LogP contribution in [0.5, 0.6) is 17.2 Å². The van der Waals surface area contributed by atoms with Crippen LogP contribution in [0, 0.1) is 0 Å². The van der Waals surface area contributed by atoms with Gasteiger partial charge in [-0.25, -0.2) is 0 Å². The highest BCUT2D eigenvalue weighted by Gasteiger charge is 2.36. The van der Waals surface area contributed by atoms with Gasteiger partial charge in [-0.2, -0.15) is 0 Å². The summed E-state index contributed by atoms with van der Waals surface area (Å²) in [5, 5.41) is 0. The molecule has 0 fully saturated rings. The van der Waals surface area contributed by atoms with Gasteiger partial charge in [0.15, 0.2) is 0 Å². The molecule has 0 saturated carbocycles. The quantitative estimate of drug-likeness (QED) is 0.352. The fourth-order valence-electron chi connectivity index (χ4n) is 3.42. The Kier molecular flexibility index (Phi) is 7.36. The number of nitrogens with two attached hydrogens (primary N) is 1. The average molecular weight is 481 g/mol. The highest BCUT2D eigenvalue weighted by molar-refractivity contribution is 9.12. The van der Waals surface area contributed by atoms with E-state index in [4.69, 9.17) is 24.9 Å². The van der Waals surface area contributed by atoms with E-state index >= 15 is 0 Å². The van der Waals surface area contributed by atoms with E-state index in [1.165, 1.54) is 6.20 Å². The van der Waals surface area contributed by atoms with Crippen LogP contribution < -0.4 is 19.9 Å². The zero-order valence-corrected chi connectivity index (χ0v) is 19.3. The van der Waals surface area contributed by atoms with Crippen molar-refractivity contribution < 1.29 is 14.2 Å². The lowest BCUT2D eigenvalue weighted by Gasteiger charge is -2.32. The molecule has 0 bridgehead atoms. The van der Waals surface area contributed by atoms with E-state index < -0.39 is 5.54 Å². The molecular formula is C25H25BrN2O3. The zero-order valence-electron chi connectivity index (χ0n) is 17.7. The molecule has 0 aromatic heterocycles. The molecular weight excluding hydrogens is 456 g/mol. The number of aliphatic imine (C=N–C) groups is 1. The molecule has 0 aliphatic rings. The minimum atomic E-state index is -0.840. The van der Waals surface area contributed by atoms with E-state index in [9.17, 15) is 0 Å². The number of benzene rings is 3. The number of hydrogen-bond acceptors (Lipinski definition) is 5. The van der Waals surface area contributed by atoms with Gasteiger partial charge in [-0.05, 0) is 69.0 Å². The molecule has 0 amide bonds. The Hall–Kier alpha value is -3.25. The third-order valence-electron chi connectivity index (χ3n) is 5.06. The minimum Gasteiger partial charge on any atom is -0.497 e. The van der Waals surface area contributed by atoms with Crippen molar-refractivity contribution in [2.75, 3.05) is 21.3 Å².